The molecule has 1 saturated heterocycles. The number of barbiturate groups is 1. The van der Waals surface area contributed by atoms with Gasteiger partial charge in [-0.3, -0.25) is 24.4 Å². The zero-order chi connectivity index (χ0) is 20.0. The number of nitrogens with zero attached hydrogens (tertiary/aromatic N) is 5. The van der Waals surface area contributed by atoms with E-state index in [0.29, 0.717) is 11.3 Å². The van der Waals surface area contributed by atoms with Crippen molar-refractivity contribution in [3.8, 4) is 0 Å². The van der Waals surface area contributed by atoms with Gasteiger partial charge in [0, 0.05) is 40.3 Å². The highest BCUT2D eigenvalue weighted by Gasteiger charge is 2.51. The molecule has 4 amide bonds. The maximum absolute atomic E-state index is 12.9. The minimum absolute atomic E-state index is 0.263. The van der Waals surface area contributed by atoms with E-state index in [1.807, 2.05) is 0 Å². The summed E-state index contributed by atoms with van der Waals surface area (Å²) < 4.78 is 2.43. The lowest BCUT2D eigenvalue weighted by atomic mass is 9.82. The van der Waals surface area contributed by atoms with Crippen LogP contribution in [0.4, 0.5) is 4.79 Å². The van der Waals surface area contributed by atoms with Crippen LogP contribution in [0.1, 0.15) is 28.7 Å². The molecule has 2 aromatic rings. The number of carbonyl (C=O) groups excluding carboxylic acids is 3. The zero-order valence-electron chi connectivity index (χ0n) is 15.8. The number of pyridine rings is 1. The molecule has 3 rings (SSSR count). The molecule has 1 aliphatic heterocycles. The van der Waals surface area contributed by atoms with E-state index in [4.69, 9.17) is 0 Å². The molecule has 9 heteroatoms. The SMILES string of the molecule is Cc1c(C)[n+]([O-])c([C@H](c2ccncc2)C2C(=O)N(C)C(=O)N(C)C2=O)n1C. The molecule has 142 valence electrons. The third-order valence-electron chi connectivity index (χ3n) is 5.33. The Morgan fingerprint density at radius 3 is 2.00 bits per heavy atom. The van der Waals surface area contributed by atoms with E-state index < -0.39 is 29.7 Å². The Hall–Kier alpha value is -3.23. The molecular formula is C18H21N5O4. The smallest absolute Gasteiger partial charge is 0.332 e. The number of carbonyl (C=O) groups is 3. The first-order chi connectivity index (χ1) is 12.7. The molecule has 0 saturated carbocycles. The Bertz CT molecular complexity index is 887. The second-order valence-corrected chi connectivity index (χ2v) is 6.70. The molecule has 0 aromatic carbocycles. The van der Waals surface area contributed by atoms with Crippen LogP contribution in [-0.4, -0.2) is 51.3 Å². The summed E-state index contributed by atoms with van der Waals surface area (Å²) in [7, 11) is 4.38. The molecule has 0 N–H and O–H groups in total. The lowest BCUT2D eigenvalue weighted by Gasteiger charge is -2.35. The van der Waals surface area contributed by atoms with Crippen molar-refractivity contribution in [2.45, 2.75) is 19.8 Å². The van der Waals surface area contributed by atoms with E-state index in [9.17, 15) is 19.6 Å². The molecular weight excluding hydrogens is 350 g/mol. The van der Waals surface area contributed by atoms with Gasteiger partial charge in [0.15, 0.2) is 0 Å². The van der Waals surface area contributed by atoms with Gasteiger partial charge in [0.25, 0.3) is 5.82 Å². The Kier molecular flexibility index (Phi) is 4.46. The number of imide groups is 2. The number of imidazole rings is 1. The normalized spacial score (nSPS) is 17.0. The minimum atomic E-state index is -1.23. The van der Waals surface area contributed by atoms with Gasteiger partial charge in [0.1, 0.15) is 23.2 Å². The van der Waals surface area contributed by atoms with E-state index in [2.05, 4.69) is 4.98 Å². The van der Waals surface area contributed by atoms with Crippen LogP contribution in [0.25, 0.3) is 0 Å². The Balaban J connectivity index is 2.27. The topological polar surface area (TPSA) is 102 Å². The molecule has 0 unspecified atom stereocenters. The largest absolute Gasteiger partial charge is 0.711 e. The maximum atomic E-state index is 12.9. The summed E-state index contributed by atoms with van der Waals surface area (Å²) in [6.45, 7) is 3.48. The van der Waals surface area contributed by atoms with Crippen LogP contribution in [0.5, 0.6) is 0 Å². The maximum Gasteiger partial charge on any atom is 0.332 e. The lowest BCUT2D eigenvalue weighted by Crippen LogP contribution is -2.59. The molecule has 1 aliphatic rings. The average Bonchev–Trinajstić information content (AvgIpc) is 2.86. The summed E-state index contributed by atoms with van der Waals surface area (Å²) in [5.41, 5.74) is 1.81. The van der Waals surface area contributed by atoms with Gasteiger partial charge in [-0.1, -0.05) is 0 Å². The second kappa shape index (κ2) is 6.49. The molecule has 2 aromatic heterocycles. The van der Waals surface area contributed by atoms with Gasteiger partial charge in [0.05, 0.1) is 7.05 Å². The number of hydrogen-bond acceptors (Lipinski definition) is 5. The fourth-order valence-electron chi connectivity index (χ4n) is 3.49. The Morgan fingerprint density at radius 1 is 1.04 bits per heavy atom. The molecule has 1 atom stereocenters. The van der Waals surface area contributed by atoms with Gasteiger partial charge in [0.2, 0.25) is 11.8 Å². The molecule has 0 bridgehead atoms. The van der Waals surface area contributed by atoms with Crippen molar-refractivity contribution in [2.24, 2.45) is 13.0 Å². The number of urea groups is 1. The van der Waals surface area contributed by atoms with Crippen LogP contribution in [0, 0.1) is 25.0 Å². The van der Waals surface area contributed by atoms with Gasteiger partial charge < -0.3 is 5.21 Å². The van der Waals surface area contributed by atoms with Gasteiger partial charge in [-0.2, -0.15) is 0 Å². The van der Waals surface area contributed by atoms with E-state index in [1.165, 1.54) is 26.5 Å². The van der Waals surface area contributed by atoms with Crippen LogP contribution < -0.4 is 4.73 Å². The first kappa shape index (κ1) is 18.6. The monoisotopic (exact) mass is 371 g/mol. The Morgan fingerprint density at radius 2 is 1.56 bits per heavy atom. The predicted octanol–water partition coefficient (Wildman–Crippen LogP) is 0.469. The fourth-order valence-corrected chi connectivity index (χ4v) is 3.49. The standard InChI is InChI=1S/C18H21N5O4/c1-10-11(2)23(27)15(20(10)3)13(12-6-8-19-9-7-12)14-16(24)21(4)18(26)22(5)17(14)25/h6-9,13-14H,1-5H3/t13-/m1/s1. The number of rotatable bonds is 3. The second-order valence-electron chi connectivity index (χ2n) is 6.70. The highest BCUT2D eigenvalue weighted by atomic mass is 16.5. The first-order valence-corrected chi connectivity index (χ1v) is 8.42. The zero-order valence-corrected chi connectivity index (χ0v) is 15.8. The van der Waals surface area contributed by atoms with Crippen molar-refractivity contribution in [2.75, 3.05) is 14.1 Å². The van der Waals surface area contributed by atoms with Crippen LogP contribution >= 0.6 is 0 Å². The molecule has 27 heavy (non-hydrogen) atoms. The van der Waals surface area contributed by atoms with Crippen molar-refractivity contribution in [3.05, 3.63) is 52.5 Å². The fraction of sp³-hybridized carbons (Fsp3) is 0.389. The van der Waals surface area contributed by atoms with E-state index in [1.54, 1.807) is 37.6 Å². The van der Waals surface area contributed by atoms with Gasteiger partial charge in [-0.25, -0.2) is 14.1 Å². The molecule has 3 heterocycles. The van der Waals surface area contributed by atoms with Crippen molar-refractivity contribution in [1.82, 2.24) is 19.4 Å². The van der Waals surface area contributed by atoms with Crippen molar-refractivity contribution in [1.29, 1.82) is 0 Å². The molecule has 0 radical (unpaired) electrons. The van der Waals surface area contributed by atoms with Crippen molar-refractivity contribution >= 4 is 17.8 Å². The number of amides is 4. The van der Waals surface area contributed by atoms with Gasteiger partial charge >= 0.3 is 6.03 Å². The van der Waals surface area contributed by atoms with Crippen LogP contribution in [0.3, 0.4) is 0 Å². The van der Waals surface area contributed by atoms with E-state index in [0.717, 1.165) is 20.2 Å². The quantitative estimate of drug-likeness (QED) is 0.443. The highest BCUT2D eigenvalue weighted by molar-refractivity contribution is 6.16. The summed E-state index contributed by atoms with van der Waals surface area (Å²) in [6, 6.07) is 2.64. The molecule has 0 aliphatic carbocycles. The molecule has 9 nitrogen and oxygen atoms in total. The lowest BCUT2D eigenvalue weighted by molar-refractivity contribution is -0.621. The van der Waals surface area contributed by atoms with Gasteiger partial charge in [-0.05, 0) is 17.7 Å². The highest BCUT2D eigenvalue weighted by Crippen LogP contribution is 2.35. The summed E-state index contributed by atoms with van der Waals surface area (Å²) >= 11 is 0. The summed E-state index contributed by atoms with van der Waals surface area (Å²) in [5.74, 6) is -3.10. The summed E-state index contributed by atoms with van der Waals surface area (Å²) in [4.78, 5) is 43.7. The summed E-state index contributed by atoms with van der Waals surface area (Å²) in [5, 5.41) is 12.9. The third-order valence-corrected chi connectivity index (χ3v) is 5.33. The number of aromatic nitrogens is 3. The van der Waals surface area contributed by atoms with Gasteiger partial charge in [-0.15, -0.1) is 0 Å². The number of hydrogen-bond donors (Lipinski definition) is 0. The predicted molar refractivity (Wildman–Crippen MR) is 94.4 cm³/mol. The van der Waals surface area contributed by atoms with Crippen LogP contribution in [0.2, 0.25) is 0 Å². The molecule has 0 spiro atoms. The first-order valence-electron chi connectivity index (χ1n) is 8.42. The van der Waals surface area contributed by atoms with E-state index >= 15 is 0 Å². The van der Waals surface area contributed by atoms with Crippen LogP contribution in [0.15, 0.2) is 24.5 Å². The minimum Gasteiger partial charge on any atom is -0.711 e. The molecule has 1 fully saturated rings. The van der Waals surface area contributed by atoms with Crippen LogP contribution in [-0.2, 0) is 16.6 Å². The van der Waals surface area contributed by atoms with Crippen molar-refractivity contribution in [3.63, 3.8) is 0 Å². The third kappa shape index (κ3) is 2.66. The Labute approximate surface area is 156 Å². The summed E-state index contributed by atoms with van der Waals surface area (Å²) in [6.07, 6.45) is 3.08. The average molecular weight is 371 g/mol. The van der Waals surface area contributed by atoms with E-state index in [-0.39, 0.29) is 5.82 Å². The van der Waals surface area contributed by atoms with Crippen molar-refractivity contribution < 1.29 is 19.1 Å².